The Morgan fingerprint density at radius 3 is 2.78 bits per heavy atom. The number of fused-ring (bicyclic) bond motifs is 1. The largest absolute Gasteiger partial charge is 0.497 e. The van der Waals surface area contributed by atoms with Crippen LogP contribution in [0.1, 0.15) is 5.56 Å². The van der Waals surface area contributed by atoms with Gasteiger partial charge in [-0.25, -0.2) is 4.21 Å². The summed E-state index contributed by atoms with van der Waals surface area (Å²) in [5.74, 6) is 1.28. The summed E-state index contributed by atoms with van der Waals surface area (Å²) < 4.78 is 24.5. The molecule has 1 N–H and O–H groups in total. The molecule has 0 unspecified atom stereocenters. The Labute approximate surface area is 135 Å². The van der Waals surface area contributed by atoms with E-state index in [1.807, 2.05) is 24.3 Å². The molecule has 0 aliphatic carbocycles. The van der Waals surface area contributed by atoms with E-state index in [2.05, 4.69) is 4.98 Å². The van der Waals surface area contributed by atoms with Gasteiger partial charge in [-0.1, -0.05) is 0 Å². The number of benzene rings is 1. The molecular formula is C16H19N3O3S. The molecule has 0 bridgehead atoms. The summed E-state index contributed by atoms with van der Waals surface area (Å²) in [6, 6.07) is 7.47. The number of rotatable bonds is 3. The minimum Gasteiger partial charge on any atom is -0.497 e. The van der Waals surface area contributed by atoms with Crippen LogP contribution in [-0.4, -0.2) is 51.7 Å². The van der Waals surface area contributed by atoms with Crippen LogP contribution in [-0.2, 0) is 20.9 Å². The molecule has 1 aliphatic heterocycles. The van der Waals surface area contributed by atoms with Crippen molar-refractivity contribution in [2.24, 2.45) is 0 Å². The molecule has 2 heterocycles. The number of carbonyl (C=O) groups is 1. The van der Waals surface area contributed by atoms with E-state index in [0.717, 1.165) is 22.2 Å². The molecule has 2 aromatic rings. The van der Waals surface area contributed by atoms with Gasteiger partial charge in [0.25, 0.3) is 0 Å². The lowest BCUT2D eigenvalue weighted by Gasteiger charge is -2.28. The lowest BCUT2D eigenvalue weighted by atomic mass is 10.1. The number of hydrogen-bond acceptors (Lipinski definition) is 5. The van der Waals surface area contributed by atoms with Gasteiger partial charge in [0.05, 0.1) is 19.0 Å². The summed E-state index contributed by atoms with van der Waals surface area (Å²) in [7, 11) is -0.876. The first-order valence-corrected chi connectivity index (χ1v) is 9.32. The van der Waals surface area contributed by atoms with Crippen LogP contribution >= 0.6 is 0 Å². The average Bonchev–Trinajstić information content (AvgIpc) is 2.54. The minimum absolute atomic E-state index is 0.00298. The number of nitrogens with one attached hydrogen (secondary N) is 1. The van der Waals surface area contributed by atoms with Crippen LogP contribution < -0.4 is 4.74 Å². The minimum atomic E-state index is -2.48. The van der Waals surface area contributed by atoms with Gasteiger partial charge in [0.1, 0.15) is 5.75 Å². The van der Waals surface area contributed by atoms with Crippen molar-refractivity contribution in [2.75, 3.05) is 31.7 Å². The third-order valence-corrected chi connectivity index (χ3v) is 5.80. The van der Waals surface area contributed by atoms with Crippen molar-refractivity contribution >= 4 is 26.5 Å². The maximum absolute atomic E-state index is 12.5. The number of methoxy groups -OCH3 is 1. The van der Waals surface area contributed by atoms with Crippen molar-refractivity contribution in [3.63, 3.8) is 0 Å². The highest BCUT2D eigenvalue weighted by Crippen LogP contribution is 2.23. The topological polar surface area (TPSA) is 83.4 Å². The summed E-state index contributed by atoms with van der Waals surface area (Å²) in [6.07, 6.45) is 1.97. The van der Waals surface area contributed by atoms with E-state index in [-0.39, 0.29) is 23.8 Å². The van der Waals surface area contributed by atoms with Crippen molar-refractivity contribution in [3.8, 4) is 5.75 Å². The molecule has 0 spiro atoms. The van der Waals surface area contributed by atoms with Crippen LogP contribution in [0.4, 0.5) is 0 Å². The number of pyridine rings is 1. The molecule has 3 rings (SSSR count). The summed E-state index contributed by atoms with van der Waals surface area (Å²) in [5, 5.41) is 0.933. The van der Waals surface area contributed by atoms with Crippen LogP contribution in [0, 0.1) is 4.78 Å². The zero-order valence-electron chi connectivity index (χ0n) is 12.9. The maximum atomic E-state index is 12.5. The summed E-state index contributed by atoms with van der Waals surface area (Å²) in [5.41, 5.74) is 1.71. The van der Waals surface area contributed by atoms with Crippen molar-refractivity contribution in [1.82, 2.24) is 9.88 Å². The van der Waals surface area contributed by atoms with Crippen molar-refractivity contribution < 1.29 is 13.7 Å². The fraction of sp³-hybridized carbons (Fsp3) is 0.375. The van der Waals surface area contributed by atoms with Gasteiger partial charge in [-0.15, -0.1) is 0 Å². The summed E-state index contributed by atoms with van der Waals surface area (Å²) >= 11 is 0. The third-order valence-electron chi connectivity index (χ3n) is 4.12. The second kappa shape index (κ2) is 6.16. The SMILES string of the molecule is COc1ccc2c(CC(=O)N3CCS(=N)(=O)CC3)ccnc2c1. The van der Waals surface area contributed by atoms with E-state index in [0.29, 0.717) is 13.1 Å². The monoisotopic (exact) mass is 333 g/mol. The third kappa shape index (κ3) is 3.44. The lowest BCUT2D eigenvalue weighted by Crippen LogP contribution is -2.44. The Balaban J connectivity index is 1.80. The van der Waals surface area contributed by atoms with Gasteiger partial charge in [0.15, 0.2) is 0 Å². The number of nitrogens with zero attached hydrogens (tertiary/aromatic N) is 2. The standard InChI is InChI=1S/C16H19N3O3S/c1-22-13-2-3-14-12(4-5-18-15(14)11-13)10-16(20)19-6-8-23(17,21)9-7-19/h2-5,11,17H,6-10H2,1H3. The first-order chi connectivity index (χ1) is 11.0. The molecule has 0 saturated carbocycles. The lowest BCUT2D eigenvalue weighted by molar-refractivity contribution is -0.130. The zero-order chi connectivity index (χ0) is 16.4. The second-order valence-electron chi connectivity index (χ2n) is 5.63. The molecule has 1 aliphatic rings. The first kappa shape index (κ1) is 15.7. The van der Waals surface area contributed by atoms with Gasteiger partial charge in [0.2, 0.25) is 5.91 Å². The van der Waals surface area contributed by atoms with Gasteiger partial charge >= 0.3 is 0 Å². The van der Waals surface area contributed by atoms with Crippen LogP contribution in [0.3, 0.4) is 0 Å². The fourth-order valence-electron chi connectivity index (χ4n) is 2.72. The van der Waals surface area contributed by atoms with E-state index >= 15 is 0 Å². The van der Waals surface area contributed by atoms with Gasteiger partial charge in [0, 0.05) is 52.0 Å². The highest BCUT2D eigenvalue weighted by Gasteiger charge is 2.23. The second-order valence-corrected chi connectivity index (χ2v) is 8.07. The number of ether oxygens (including phenoxy) is 1. The molecule has 7 heteroatoms. The Morgan fingerprint density at radius 2 is 2.09 bits per heavy atom. The zero-order valence-corrected chi connectivity index (χ0v) is 13.8. The molecule has 1 amide bonds. The molecule has 6 nitrogen and oxygen atoms in total. The highest BCUT2D eigenvalue weighted by atomic mass is 32.2. The van der Waals surface area contributed by atoms with E-state index in [1.54, 1.807) is 18.2 Å². The molecule has 1 fully saturated rings. The Kier molecular flexibility index (Phi) is 4.21. The Bertz CT molecular complexity index is 835. The number of carbonyl (C=O) groups excluding carboxylic acids is 1. The normalized spacial score (nSPS) is 17.2. The predicted molar refractivity (Wildman–Crippen MR) is 89.2 cm³/mol. The van der Waals surface area contributed by atoms with Crippen molar-refractivity contribution in [3.05, 3.63) is 36.0 Å². The van der Waals surface area contributed by atoms with Crippen LogP contribution in [0.2, 0.25) is 0 Å². The molecule has 23 heavy (non-hydrogen) atoms. The molecule has 1 aromatic heterocycles. The van der Waals surface area contributed by atoms with Gasteiger partial charge in [-0.2, -0.15) is 0 Å². The van der Waals surface area contributed by atoms with E-state index < -0.39 is 9.73 Å². The quantitative estimate of drug-likeness (QED) is 0.926. The van der Waals surface area contributed by atoms with Crippen LogP contribution in [0.25, 0.3) is 10.9 Å². The summed E-state index contributed by atoms with van der Waals surface area (Å²) in [4.78, 5) is 18.5. The molecular weight excluding hydrogens is 314 g/mol. The number of hydrogen-bond donors (Lipinski definition) is 1. The van der Waals surface area contributed by atoms with Crippen molar-refractivity contribution in [2.45, 2.75) is 6.42 Å². The maximum Gasteiger partial charge on any atom is 0.227 e. The first-order valence-electron chi connectivity index (χ1n) is 7.42. The Morgan fingerprint density at radius 1 is 1.35 bits per heavy atom. The summed E-state index contributed by atoms with van der Waals surface area (Å²) in [6.45, 7) is 0.802. The Hall–Kier alpha value is -2.15. The number of aromatic nitrogens is 1. The van der Waals surface area contributed by atoms with E-state index in [9.17, 15) is 9.00 Å². The highest BCUT2D eigenvalue weighted by molar-refractivity contribution is 7.92. The molecule has 1 saturated heterocycles. The number of amides is 1. The van der Waals surface area contributed by atoms with Gasteiger partial charge in [-0.05, 0) is 23.8 Å². The van der Waals surface area contributed by atoms with E-state index in [4.69, 9.17) is 9.52 Å². The molecule has 1 aromatic carbocycles. The predicted octanol–water partition coefficient (Wildman–Crippen LogP) is 1.67. The molecule has 0 radical (unpaired) electrons. The van der Waals surface area contributed by atoms with Gasteiger partial charge in [-0.3, -0.25) is 14.6 Å². The van der Waals surface area contributed by atoms with Crippen LogP contribution in [0.15, 0.2) is 30.5 Å². The molecule has 122 valence electrons. The van der Waals surface area contributed by atoms with E-state index in [1.165, 1.54) is 0 Å². The van der Waals surface area contributed by atoms with Crippen LogP contribution in [0.5, 0.6) is 5.75 Å². The van der Waals surface area contributed by atoms with Crippen molar-refractivity contribution in [1.29, 1.82) is 4.78 Å². The molecule has 0 atom stereocenters. The van der Waals surface area contributed by atoms with Gasteiger partial charge < -0.3 is 9.64 Å². The average molecular weight is 333 g/mol. The smallest absolute Gasteiger partial charge is 0.227 e. The fourth-order valence-corrected chi connectivity index (χ4v) is 3.96.